The van der Waals surface area contributed by atoms with E-state index in [4.69, 9.17) is 11.6 Å². The molecule has 4 heteroatoms. The van der Waals surface area contributed by atoms with E-state index in [2.05, 4.69) is 56.1 Å². The van der Waals surface area contributed by atoms with Gasteiger partial charge in [0.05, 0.1) is 6.10 Å². The lowest BCUT2D eigenvalue weighted by molar-refractivity contribution is 0.0939. The second-order valence-electron chi connectivity index (χ2n) is 8.12. The van der Waals surface area contributed by atoms with Crippen LogP contribution in [0.25, 0.3) is 5.70 Å². The summed E-state index contributed by atoms with van der Waals surface area (Å²) in [5.74, 6) is 0. The van der Waals surface area contributed by atoms with Gasteiger partial charge in [-0.15, -0.1) is 0 Å². The molecule has 160 valence electrons. The second-order valence-corrected chi connectivity index (χ2v) is 8.53. The van der Waals surface area contributed by atoms with Crippen LogP contribution in [0.2, 0.25) is 5.02 Å². The fourth-order valence-electron chi connectivity index (χ4n) is 4.18. The molecule has 0 spiro atoms. The summed E-state index contributed by atoms with van der Waals surface area (Å²) in [5.41, 5.74) is 6.77. The topological polar surface area (TPSA) is 35.5 Å². The van der Waals surface area contributed by atoms with Gasteiger partial charge in [0.2, 0.25) is 0 Å². The smallest absolute Gasteiger partial charge is 0.0919 e. The highest BCUT2D eigenvalue weighted by molar-refractivity contribution is 6.32. The number of β-amino-alcohol motifs (C(OH)–C–C–N with tert-alkyl or cyclic N) is 1. The number of hydrogen-bond donors (Lipinski definition) is 2. The monoisotopic (exact) mass is 424 g/mol. The standard InChI is InChI=1S/C26H33ClN2O/c1-5-10-24(22-13-8-9-14-23(22)27)28-26-19(3)15-16-29(20(26)4)17-25(30)21-12-7-6-11-18(21)2/h6-14,20,25,28,30H,5,15-17H2,1-4H3/b24-10+. The molecule has 3 nitrogen and oxygen atoms in total. The Morgan fingerprint density at radius 1 is 1.20 bits per heavy atom. The fourth-order valence-corrected chi connectivity index (χ4v) is 4.42. The van der Waals surface area contributed by atoms with Crippen molar-refractivity contribution in [2.45, 2.75) is 52.7 Å². The van der Waals surface area contributed by atoms with Gasteiger partial charge < -0.3 is 10.4 Å². The number of allylic oxidation sites excluding steroid dienone is 1. The molecule has 3 rings (SSSR count). The average Bonchev–Trinajstić information content (AvgIpc) is 2.73. The predicted octanol–water partition coefficient (Wildman–Crippen LogP) is 6.09. The molecule has 2 aromatic rings. The summed E-state index contributed by atoms with van der Waals surface area (Å²) in [7, 11) is 0. The van der Waals surface area contributed by atoms with Crippen LogP contribution in [0.1, 0.15) is 56.4 Å². The van der Waals surface area contributed by atoms with Crippen molar-refractivity contribution in [1.82, 2.24) is 10.2 Å². The van der Waals surface area contributed by atoms with Crippen molar-refractivity contribution in [3.05, 3.63) is 87.6 Å². The van der Waals surface area contributed by atoms with E-state index < -0.39 is 6.10 Å². The normalized spacial score (nSPS) is 19.1. The van der Waals surface area contributed by atoms with Gasteiger partial charge in [-0.2, -0.15) is 0 Å². The number of nitrogens with zero attached hydrogens (tertiary/aromatic N) is 1. The zero-order valence-corrected chi connectivity index (χ0v) is 19.2. The van der Waals surface area contributed by atoms with Crippen molar-refractivity contribution in [2.75, 3.05) is 13.1 Å². The van der Waals surface area contributed by atoms with Crippen LogP contribution in [0.15, 0.2) is 65.9 Å². The molecule has 1 aliphatic rings. The third-order valence-electron chi connectivity index (χ3n) is 6.00. The average molecular weight is 425 g/mol. The molecule has 0 saturated heterocycles. The first-order valence-corrected chi connectivity index (χ1v) is 11.2. The molecule has 1 heterocycles. The molecule has 0 amide bonds. The molecule has 0 bridgehead atoms. The Morgan fingerprint density at radius 2 is 1.90 bits per heavy atom. The van der Waals surface area contributed by atoms with Gasteiger partial charge in [-0.3, -0.25) is 4.90 Å². The SMILES string of the molecule is CC/C=C(/NC1=C(C)CCN(CC(O)c2ccccc2C)C1C)c1ccccc1Cl. The summed E-state index contributed by atoms with van der Waals surface area (Å²) in [4.78, 5) is 2.36. The molecule has 0 fully saturated rings. The van der Waals surface area contributed by atoms with Crippen LogP contribution < -0.4 is 5.32 Å². The fraction of sp³-hybridized carbons (Fsp3) is 0.385. The number of nitrogens with one attached hydrogen (secondary N) is 1. The van der Waals surface area contributed by atoms with Crippen LogP contribution in [0, 0.1) is 6.92 Å². The Balaban J connectivity index is 1.80. The number of rotatable bonds is 7. The van der Waals surface area contributed by atoms with Crippen molar-refractivity contribution in [2.24, 2.45) is 0 Å². The second kappa shape index (κ2) is 10.3. The zero-order chi connectivity index (χ0) is 21.7. The maximum Gasteiger partial charge on any atom is 0.0919 e. The summed E-state index contributed by atoms with van der Waals surface area (Å²) in [6, 6.07) is 16.2. The number of hydrogen-bond acceptors (Lipinski definition) is 3. The van der Waals surface area contributed by atoms with Crippen LogP contribution in [0.5, 0.6) is 0 Å². The number of aliphatic hydroxyl groups is 1. The van der Waals surface area contributed by atoms with Gasteiger partial charge >= 0.3 is 0 Å². The summed E-state index contributed by atoms with van der Waals surface area (Å²) in [6.07, 6.45) is 3.59. The molecule has 0 saturated carbocycles. The minimum Gasteiger partial charge on any atom is -0.387 e. The molecule has 0 aromatic heterocycles. The van der Waals surface area contributed by atoms with Crippen molar-refractivity contribution in [3.8, 4) is 0 Å². The molecule has 0 radical (unpaired) electrons. The maximum absolute atomic E-state index is 10.9. The van der Waals surface area contributed by atoms with Gasteiger partial charge in [0.25, 0.3) is 0 Å². The lowest BCUT2D eigenvalue weighted by atomic mass is 9.97. The summed E-state index contributed by atoms with van der Waals surface area (Å²) < 4.78 is 0. The van der Waals surface area contributed by atoms with Gasteiger partial charge in [-0.25, -0.2) is 0 Å². The molecule has 2 N–H and O–H groups in total. The highest BCUT2D eigenvalue weighted by Crippen LogP contribution is 2.29. The zero-order valence-electron chi connectivity index (χ0n) is 18.5. The number of halogens is 1. The van der Waals surface area contributed by atoms with Gasteiger partial charge in [0.1, 0.15) is 0 Å². The Kier molecular flexibility index (Phi) is 7.76. The molecule has 2 atom stereocenters. The van der Waals surface area contributed by atoms with E-state index in [-0.39, 0.29) is 6.04 Å². The lowest BCUT2D eigenvalue weighted by Gasteiger charge is -2.38. The first kappa shape index (κ1) is 22.6. The summed E-state index contributed by atoms with van der Waals surface area (Å²) in [5, 5.41) is 15.3. The molecular formula is C26H33ClN2O. The lowest BCUT2D eigenvalue weighted by Crippen LogP contribution is -2.44. The Hall–Kier alpha value is -2.07. The van der Waals surface area contributed by atoms with Crippen molar-refractivity contribution in [1.29, 1.82) is 0 Å². The Morgan fingerprint density at radius 3 is 2.60 bits per heavy atom. The minimum atomic E-state index is -0.498. The number of aliphatic hydroxyl groups excluding tert-OH is 1. The van der Waals surface area contributed by atoms with E-state index in [1.807, 2.05) is 36.4 Å². The summed E-state index contributed by atoms with van der Waals surface area (Å²) in [6.45, 7) is 10.2. The highest BCUT2D eigenvalue weighted by atomic mass is 35.5. The van der Waals surface area contributed by atoms with Gasteiger partial charge in [-0.05, 0) is 50.8 Å². The molecule has 2 aromatic carbocycles. The van der Waals surface area contributed by atoms with Crippen molar-refractivity contribution >= 4 is 17.3 Å². The third-order valence-corrected chi connectivity index (χ3v) is 6.33. The van der Waals surface area contributed by atoms with E-state index in [1.165, 1.54) is 11.3 Å². The third kappa shape index (κ3) is 5.15. The first-order valence-electron chi connectivity index (χ1n) is 10.8. The predicted molar refractivity (Wildman–Crippen MR) is 127 cm³/mol. The quantitative estimate of drug-likeness (QED) is 0.564. The molecule has 1 aliphatic heterocycles. The minimum absolute atomic E-state index is 0.181. The van der Waals surface area contributed by atoms with E-state index in [9.17, 15) is 5.11 Å². The van der Waals surface area contributed by atoms with Gasteiger partial charge in [-0.1, -0.05) is 72.6 Å². The van der Waals surface area contributed by atoms with Crippen molar-refractivity contribution in [3.63, 3.8) is 0 Å². The van der Waals surface area contributed by atoms with Crippen molar-refractivity contribution < 1.29 is 5.11 Å². The summed E-state index contributed by atoms with van der Waals surface area (Å²) >= 11 is 6.48. The molecule has 0 aliphatic carbocycles. The van der Waals surface area contributed by atoms with Crippen LogP contribution >= 0.6 is 11.6 Å². The van der Waals surface area contributed by atoms with E-state index in [0.29, 0.717) is 6.54 Å². The number of benzene rings is 2. The largest absolute Gasteiger partial charge is 0.387 e. The molecule has 30 heavy (non-hydrogen) atoms. The van der Waals surface area contributed by atoms with E-state index in [1.54, 1.807) is 0 Å². The van der Waals surface area contributed by atoms with Gasteiger partial charge in [0.15, 0.2) is 0 Å². The molecule has 2 unspecified atom stereocenters. The van der Waals surface area contributed by atoms with Crippen LogP contribution in [0.4, 0.5) is 0 Å². The van der Waals surface area contributed by atoms with Crippen LogP contribution in [-0.4, -0.2) is 29.1 Å². The van der Waals surface area contributed by atoms with Crippen LogP contribution in [-0.2, 0) is 0 Å². The van der Waals surface area contributed by atoms with Crippen LogP contribution in [0.3, 0.4) is 0 Å². The Bertz CT molecular complexity index is 934. The Labute approximate surface area is 186 Å². The number of aryl methyl sites for hydroxylation is 1. The maximum atomic E-state index is 10.9. The molecular weight excluding hydrogens is 392 g/mol. The van der Waals surface area contributed by atoms with Gasteiger partial charge in [0, 0.05) is 41.1 Å². The first-order chi connectivity index (χ1) is 14.4. The highest BCUT2D eigenvalue weighted by Gasteiger charge is 2.27. The van der Waals surface area contributed by atoms with E-state index in [0.717, 1.165) is 46.8 Å². The van der Waals surface area contributed by atoms with E-state index >= 15 is 0 Å².